The van der Waals surface area contributed by atoms with Crippen LogP contribution in [0.15, 0.2) is 31.8 Å². The number of halogens is 3. The van der Waals surface area contributed by atoms with Crippen LogP contribution in [-0.2, 0) is 11.4 Å². The van der Waals surface area contributed by atoms with Crippen molar-refractivity contribution in [2.24, 2.45) is 8.73 Å². The first-order chi connectivity index (χ1) is 9.15. The van der Waals surface area contributed by atoms with Gasteiger partial charge in [-0.05, 0) is 22.0 Å². The van der Waals surface area contributed by atoms with Gasteiger partial charge in [-0.1, -0.05) is 23.2 Å². The molecule has 9 heteroatoms. The van der Waals surface area contributed by atoms with E-state index in [9.17, 15) is 0 Å². The van der Waals surface area contributed by atoms with E-state index in [4.69, 9.17) is 23.2 Å². The fourth-order valence-corrected chi connectivity index (χ4v) is 2.99. The lowest BCUT2D eigenvalue weighted by atomic mass is 10.2. The molecule has 1 aliphatic rings. The van der Waals surface area contributed by atoms with E-state index in [2.05, 4.69) is 39.9 Å². The minimum atomic E-state index is 0.458. The first-order valence-corrected chi connectivity index (χ1v) is 7.28. The summed E-state index contributed by atoms with van der Waals surface area (Å²) in [6.45, 7) is 0. The number of hydrogen-bond acceptors (Lipinski definition) is 5. The molecular weight excluding hydrogens is 373 g/mol. The second-order valence-electron chi connectivity index (χ2n) is 3.53. The molecule has 96 valence electrons. The van der Waals surface area contributed by atoms with Crippen LogP contribution in [0.5, 0.6) is 0 Å². The lowest BCUT2D eigenvalue weighted by Gasteiger charge is -2.11. The number of nitrogens with zero attached hydrogens (tertiary/aromatic N) is 4. The molecule has 3 rings (SSSR count). The maximum absolute atomic E-state index is 6.19. The number of fused-ring (bicyclic) bond motifs is 1. The van der Waals surface area contributed by atoms with Crippen molar-refractivity contribution in [3.05, 3.63) is 33.1 Å². The van der Waals surface area contributed by atoms with Crippen LogP contribution >= 0.6 is 39.1 Å². The first-order valence-electron chi connectivity index (χ1n) is 5.00. The monoisotopic (exact) mass is 375 g/mol. The van der Waals surface area contributed by atoms with Crippen molar-refractivity contribution in [2.75, 3.05) is 5.32 Å². The molecule has 19 heavy (non-hydrogen) atoms. The van der Waals surface area contributed by atoms with Gasteiger partial charge < -0.3 is 5.32 Å². The van der Waals surface area contributed by atoms with E-state index in [0.29, 0.717) is 37.5 Å². The zero-order valence-corrected chi connectivity index (χ0v) is 13.0. The Kier molecular flexibility index (Phi) is 3.53. The molecule has 1 N–H and O–H groups in total. The smallest absolute Gasteiger partial charge is 0.134 e. The maximum atomic E-state index is 6.19. The van der Waals surface area contributed by atoms with E-state index >= 15 is 0 Å². The standard InChI is InChI=1S/C10H4BrCl2N5S/c11-6-2-7(15-3-14-6)16-8-4(12)1-5(13)9-10(8)18-19-17-9/h1-3H,(H,14,15,16). The Hall–Kier alpha value is -1.02. The Morgan fingerprint density at radius 2 is 1.84 bits per heavy atom. The number of rotatable bonds is 2. The molecule has 5 nitrogen and oxygen atoms in total. The third-order valence-corrected chi connectivity index (χ3v) is 3.88. The van der Waals surface area contributed by atoms with E-state index < -0.39 is 0 Å². The van der Waals surface area contributed by atoms with Crippen molar-refractivity contribution in [3.8, 4) is 0 Å². The highest BCUT2D eigenvalue weighted by molar-refractivity contribution is 9.10. The van der Waals surface area contributed by atoms with Gasteiger partial charge in [0.2, 0.25) is 0 Å². The molecular formula is C10H4BrCl2N5S. The highest BCUT2D eigenvalue weighted by Crippen LogP contribution is 2.48. The third-order valence-electron chi connectivity index (χ3n) is 2.33. The van der Waals surface area contributed by atoms with Gasteiger partial charge in [0, 0.05) is 6.07 Å². The van der Waals surface area contributed by atoms with Gasteiger partial charge in [-0.2, -0.15) is 8.73 Å². The number of benzene rings is 1. The maximum Gasteiger partial charge on any atom is 0.134 e. The summed E-state index contributed by atoms with van der Waals surface area (Å²) in [5, 5.41) is 4.04. The summed E-state index contributed by atoms with van der Waals surface area (Å²) in [7, 11) is 0. The minimum Gasteiger partial charge on any atom is -0.337 e. The Balaban J connectivity index is 2.07. The van der Waals surface area contributed by atoms with Gasteiger partial charge >= 0.3 is 0 Å². The van der Waals surface area contributed by atoms with Crippen molar-refractivity contribution >= 4 is 73.4 Å². The van der Waals surface area contributed by atoms with Gasteiger partial charge in [0.1, 0.15) is 28.1 Å². The third kappa shape index (κ3) is 2.51. The molecule has 0 unspecified atom stereocenters. The molecule has 0 atom stereocenters. The zero-order valence-electron chi connectivity index (χ0n) is 9.06. The van der Waals surface area contributed by atoms with Gasteiger partial charge in [-0.3, -0.25) is 0 Å². The van der Waals surface area contributed by atoms with Crippen LogP contribution in [-0.4, -0.2) is 9.97 Å². The van der Waals surface area contributed by atoms with Gasteiger partial charge in [0.15, 0.2) is 0 Å². The Labute approximate surface area is 130 Å². The molecule has 0 spiro atoms. The molecule has 2 aromatic rings. The highest BCUT2D eigenvalue weighted by atomic mass is 79.9. The van der Waals surface area contributed by atoms with Crippen LogP contribution in [0.1, 0.15) is 0 Å². The van der Waals surface area contributed by atoms with Gasteiger partial charge in [0.25, 0.3) is 0 Å². The number of hydrogen-bond donors (Lipinski definition) is 1. The predicted octanol–water partition coefficient (Wildman–Crippen LogP) is 5.02. The number of aromatic nitrogens is 2. The normalized spacial score (nSPS) is 12.2. The molecule has 0 saturated heterocycles. The van der Waals surface area contributed by atoms with E-state index in [1.165, 1.54) is 6.33 Å². The van der Waals surface area contributed by atoms with Crippen molar-refractivity contribution < 1.29 is 0 Å². The highest BCUT2D eigenvalue weighted by Gasteiger charge is 2.19. The van der Waals surface area contributed by atoms with E-state index in [1.54, 1.807) is 12.1 Å². The fraction of sp³-hybridized carbons (Fsp3) is 0. The second kappa shape index (κ2) is 5.16. The summed E-state index contributed by atoms with van der Waals surface area (Å²) < 4.78 is 9.01. The summed E-state index contributed by atoms with van der Waals surface area (Å²) in [6.07, 6.45) is 1.44. The Morgan fingerprint density at radius 3 is 2.63 bits per heavy atom. The molecule has 0 aliphatic carbocycles. The van der Waals surface area contributed by atoms with Crippen molar-refractivity contribution in [1.82, 2.24) is 9.97 Å². The largest absolute Gasteiger partial charge is 0.337 e. The summed E-state index contributed by atoms with van der Waals surface area (Å²) in [5.74, 6) is 0.598. The summed E-state index contributed by atoms with van der Waals surface area (Å²) >= 11 is 16.6. The van der Waals surface area contributed by atoms with Crippen molar-refractivity contribution in [1.29, 1.82) is 0 Å². The molecule has 1 aromatic heterocycles. The summed E-state index contributed by atoms with van der Waals surface area (Å²) in [6, 6.07) is 3.36. The quantitative estimate of drug-likeness (QED) is 0.639. The molecule has 2 heterocycles. The Morgan fingerprint density at radius 1 is 1.05 bits per heavy atom. The molecule has 1 aliphatic heterocycles. The van der Waals surface area contributed by atoms with E-state index in [0.717, 1.165) is 11.4 Å². The van der Waals surface area contributed by atoms with Crippen LogP contribution in [0, 0.1) is 0 Å². The summed E-state index contributed by atoms with van der Waals surface area (Å²) in [5.41, 5.74) is 1.87. The lowest BCUT2D eigenvalue weighted by molar-refractivity contribution is 1.14. The van der Waals surface area contributed by atoms with Crippen LogP contribution in [0.3, 0.4) is 0 Å². The van der Waals surface area contributed by atoms with Gasteiger partial charge in [0.05, 0.1) is 27.1 Å². The first kappa shape index (κ1) is 13.0. The minimum absolute atomic E-state index is 0.458. The van der Waals surface area contributed by atoms with Crippen molar-refractivity contribution in [2.45, 2.75) is 0 Å². The molecule has 0 fully saturated rings. The molecule has 0 amide bonds. The van der Waals surface area contributed by atoms with Gasteiger partial charge in [-0.15, -0.1) is 0 Å². The van der Waals surface area contributed by atoms with Crippen LogP contribution in [0.2, 0.25) is 10.0 Å². The lowest BCUT2D eigenvalue weighted by Crippen LogP contribution is -1.95. The second-order valence-corrected chi connectivity index (χ2v) is 5.68. The predicted molar refractivity (Wildman–Crippen MR) is 81.0 cm³/mol. The van der Waals surface area contributed by atoms with Crippen LogP contribution in [0.4, 0.5) is 22.9 Å². The SMILES string of the molecule is Clc1cc(Cl)c(Nc2cc(Br)ncn2)c2c1N=S=N2. The molecule has 1 aromatic carbocycles. The van der Waals surface area contributed by atoms with Crippen molar-refractivity contribution in [3.63, 3.8) is 0 Å². The van der Waals surface area contributed by atoms with E-state index in [1.807, 2.05) is 0 Å². The number of nitrogens with one attached hydrogen (secondary N) is 1. The average Bonchev–Trinajstić information content (AvgIpc) is 2.84. The molecule has 0 radical (unpaired) electrons. The van der Waals surface area contributed by atoms with E-state index in [-0.39, 0.29) is 0 Å². The average molecular weight is 377 g/mol. The topological polar surface area (TPSA) is 62.5 Å². The zero-order chi connectivity index (χ0) is 13.4. The molecule has 0 bridgehead atoms. The number of anilines is 2. The van der Waals surface area contributed by atoms with Crippen LogP contribution < -0.4 is 5.32 Å². The van der Waals surface area contributed by atoms with Gasteiger partial charge in [-0.25, -0.2) is 9.97 Å². The molecule has 0 saturated carbocycles. The van der Waals surface area contributed by atoms with Crippen LogP contribution in [0.25, 0.3) is 0 Å². The summed E-state index contributed by atoms with van der Waals surface area (Å²) in [4.78, 5) is 8.06. The Bertz CT molecular complexity index is 745. The fourth-order valence-electron chi connectivity index (χ4n) is 1.52.